The predicted molar refractivity (Wildman–Crippen MR) is 51.3 cm³/mol. The summed E-state index contributed by atoms with van der Waals surface area (Å²) in [6, 6.07) is 4.59. The monoisotopic (exact) mass is 178 g/mol. The quantitative estimate of drug-likeness (QED) is 0.733. The summed E-state index contributed by atoms with van der Waals surface area (Å²) >= 11 is 0. The van der Waals surface area contributed by atoms with E-state index in [2.05, 4.69) is 22.1 Å². The number of nitrogens with two attached hydrogens (primary N) is 1. The molecule has 2 rings (SSSR count). The fourth-order valence-corrected chi connectivity index (χ4v) is 1.30. The Morgan fingerprint density at radius 2 is 2.23 bits per heavy atom. The zero-order valence-electron chi connectivity index (χ0n) is 7.77. The van der Waals surface area contributed by atoms with Gasteiger partial charge in [0, 0.05) is 19.6 Å². The maximum atomic E-state index is 5.43. The van der Waals surface area contributed by atoms with E-state index < -0.39 is 0 Å². The van der Waals surface area contributed by atoms with Crippen molar-refractivity contribution in [1.29, 1.82) is 0 Å². The normalized spacial score (nSPS) is 15.8. The molecule has 0 unspecified atom stereocenters. The first-order valence-corrected chi connectivity index (χ1v) is 4.57. The summed E-state index contributed by atoms with van der Waals surface area (Å²) in [4.78, 5) is 2.17. The van der Waals surface area contributed by atoms with E-state index >= 15 is 0 Å². The van der Waals surface area contributed by atoms with Crippen LogP contribution in [0.25, 0.3) is 0 Å². The Labute approximate surface area is 77.8 Å². The minimum atomic E-state index is 0.459. The summed E-state index contributed by atoms with van der Waals surface area (Å²) in [6.45, 7) is 0.459. The van der Waals surface area contributed by atoms with Gasteiger partial charge in [0.15, 0.2) is 5.82 Å². The van der Waals surface area contributed by atoms with Crippen molar-refractivity contribution in [2.45, 2.75) is 25.4 Å². The molecule has 0 saturated heterocycles. The van der Waals surface area contributed by atoms with Crippen molar-refractivity contribution in [3.63, 3.8) is 0 Å². The summed E-state index contributed by atoms with van der Waals surface area (Å²) in [6.07, 6.45) is 2.55. The first-order valence-electron chi connectivity index (χ1n) is 4.57. The Hall–Kier alpha value is -1.16. The van der Waals surface area contributed by atoms with Gasteiger partial charge in [-0.1, -0.05) is 0 Å². The Bertz CT molecular complexity index is 278. The zero-order valence-corrected chi connectivity index (χ0v) is 7.77. The van der Waals surface area contributed by atoms with Crippen LogP contribution in [0.2, 0.25) is 0 Å². The molecule has 1 aromatic rings. The molecule has 1 heterocycles. The highest BCUT2D eigenvalue weighted by Crippen LogP contribution is 2.28. The van der Waals surface area contributed by atoms with E-state index in [9.17, 15) is 0 Å². The lowest BCUT2D eigenvalue weighted by Crippen LogP contribution is -2.21. The average Bonchev–Trinajstić information content (AvgIpc) is 3.00. The lowest BCUT2D eigenvalue weighted by atomic mass is 10.4. The third-order valence-electron chi connectivity index (χ3n) is 2.37. The van der Waals surface area contributed by atoms with Crippen LogP contribution < -0.4 is 10.6 Å². The van der Waals surface area contributed by atoms with Crippen molar-refractivity contribution >= 4 is 5.82 Å². The second-order valence-electron chi connectivity index (χ2n) is 3.43. The van der Waals surface area contributed by atoms with Crippen LogP contribution in [-0.4, -0.2) is 23.3 Å². The van der Waals surface area contributed by atoms with Crippen LogP contribution in [0.15, 0.2) is 12.1 Å². The van der Waals surface area contributed by atoms with Crippen molar-refractivity contribution in [1.82, 2.24) is 10.2 Å². The first-order chi connectivity index (χ1) is 6.31. The van der Waals surface area contributed by atoms with E-state index in [1.807, 2.05) is 12.1 Å². The van der Waals surface area contributed by atoms with Gasteiger partial charge in [0.05, 0.1) is 5.69 Å². The molecule has 1 aliphatic rings. The maximum Gasteiger partial charge on any atom is 0.151 e. The Morgan fingerprint density at radius 3 is 2.69 bits per heavy atom. The molecule has 1 saturated carbocycles. The van der Waals surface area contributed by atoms with Gasteiger partial charge in [-0.15, -0.1) is 5.10 Å². The Morgan fingerprint density at radius 1 is 1.46 bits per heavy atom. The fraction of sp³-hybridized carbons (Fsp3) is 0.556. The number of nitrogens with zero attached hydrogens (tertiary/aromatic N) is 3. The third-order valence-corrected chi connectivity index (χ3v) is 2.37. The Kier molecular flexibility index (Phi) is 2.14. The average molecular weight is 178 g/mol. The molecule has 4 heteroatoms. The van der Waals surface area contributed by atoms with Gasteiger partial charge in [-0.05, 0) is 25.0 Å². The minimum absolute atomic E-state index is 0.459. The molecule has 13 heavy (non-hydrogen) atoms. The summed E-state index contributed by atoms with van der Waals surface area (Å²) < 4.78 is 0. The molecule has 0 amide bonds. The highest BCUT2D eigenvalue weighted by molar-refractivity contribution is 5.39. The van der Waals surface area contributed by atoms with Gasteiger partial charge in [0.25, 0.3) is 0 Å². The molecular formula is C9H14N4. The lowest BCUT2D eigenvalue weighted by Gasteiger charge is -2.16. The molecule has 0 aliphatic heterocycles. The van der Waals surface area contributed by atoms with Gasteiger partial charge in [0.2, 0.25) is 0 Å². The molecular weight excluding hydrogens is 164 g/mol. The number of anilines is 1. The van der Waals surface area contributed by atoms with E-state index in [0.717, 1.165) is 11.5 Å². The molecule has 0 aromatic carbocycles. The van der Waals surface area contributed by atoms with Gasteiger partial charge in [-0.25, -0.2) is 0 Å². The number of rotatable bonds is 3. The SMILES string of the molecule is CN(c1ccc(CN)nn1)C1CC1. The molecule has 4 nitrogen and oxygen atoms in total. The van der Waals surface area contributed by atoms with Gasteiger partial charge >= 0.3 is 0 Å². The first kappa shape index (κ1) is 8.44. The van der Waals surface area contributed by atoms with Crippen LogP contribution >= 0.6 is 0 Å². The minimum Gasteiger partial charge on any atom is -0.355 e. The molecule has 1 aromatic heterocycles. The highest BCUT2D eigenvalue weighted by Gasteiger charge is 2.27. The standard InChI is InChI=1S/C9H14N4/c1-13(8-3-4-8)9-5-2-7(6-10)11-12-9/h2,5,8H,3-4,6,10H2,1H3. The van der Waals surface area contributed by atoms with Gasteiger partial charge < -0.3 is 10.6 Å². The summed E-state index contributed by atoms with van der Waals surface area (Å²) in [5.41, 5.74) is 6.27. The number of hydrogen-bond donors (Lipinski definition) is 1. The van der Waals surface area contributed by atoms with E-state index in [1.54, 1.807) is 0 Å². The third kappa shape index (κ3) is 1.78. The Balaban J connectivity index is 2.11. The van der Waals surface area contributed by atoms with Crippen molar-refractivity contribution in [3.05, 3.63) is 17.8 Å². The fourth-order valence-electron chi connectivity index (χ4n) is 1.30. The molecule has 0 bridgehead atoms. The molecule has 70 valence electrons. The summed E-state index contributed by atoms with van der Waals surface area (Å²) in [5.74, 6) is 0.944. The summed E-state index contributed by atoms with van der Waals surface area (Å²) in [5, 5.41) is 8.12. The molecule has 1 aliphatic carbocycles. The zero-order chi connectivity index (χ0) is 9.26. The van der Waals surface area contributed by atoms with Crippen LogP contribution in [0.4, 0.5) is 5.82 Å². The van der Waals surface area contributed by atoms with Crippen molar-refractivity contribution in [2.24, 2.45) is 5.73 Å². The molecule has 0 spiro atoms. The molecule has 0 atom stereocenters. The van der Waals surface area contributed by atoms with Crippen LogP contribution in [0.5, 0.6) is 0 Å². The smallest absolute Gasteiger partial charge is 0.151 e. The van der Waals surface area contributed by atoms with Crippen LogP contribution in [0.1, 0.15) is 18.5 Å². The van der Waals surface area contributed by atoms with Gasteiger partial charge in [-0.2, -0.15) is 5.10 Å². The topological polar surface area (TPSA) is 55.0 Å². The largest absolute Gasteiger partial charge is 0.355 e. The molecule has 0 radical (unpaired) electrons. The van der Waals surface area contributed by atoms with Crippen LogP contribution in [0, 0.1) is 0 Å². The van der Waals surface area contributed by atoms with Crippen molar-refractivity contribution in [2.75, 3.05) is 11.9 Å². The van der Waals surface area contributed by atoms with Crippen LogP contribution in [-0.2, 0) is 6.54 Å². The predicted octanol–water partition coefficient (Wildman–Crippen LogP) is 0.534. The van der Waals surface area contributed by atoms with Crippen LogP contribution in [0.3, 0.4) is 0 Å². The van der Waals surface area contributed by atoms with E-state index in [0.29, 0.717) is 12.6 Å². The molecule has 2 N–H and O–H groups in total. The van der Waals surface area contributed by atoms with Crippen molar-refractivity contribution < 1.29 is 0 Å². The number of aromatic nitrogens is 2. The van der Waals surface area contributed by atoms with Crippen molar-refractivity contribution in [3.8, 4) is 0 Å². The van der Waals surface area contributed by atoms with E-state index in [4.69, 9.17) is 5.73 Å². The van der Waals surface area contributed by atoms with E-state index in [1.165, 1.54) is 12.8 Å². The second-order valence-corrected chi connectivity index (χ2v) is 3.43. The van der Waals surface area contributed by atoms with Gasteiger partial charge in [0.1, 0.15) is 0 Å². The highest BCUT2D eigenvalue weighted by atomic mass is 15.3. The molecule has 1 fully saturated rings. The maximum absolute atomic E-state index is 5.43. The van der Waals surface area contributed by atoms with Gasteiger partial charge in [-0.3, -0.25) is 0 Å². The number of hydrogen-bond acceptors (Lipinski definition) is 4. The lowest BCUT2D eigenvalue weighted by molar-refractivity contribution is 0.833. The van der Waals surface area contributed by atoms with E-state index in [-0.39, 0.29) is 0 Å². The second kappa shape index (κ2) is 3.30. The summed E-state index contributed by atoms with van der Waals surface area (Å²) in [7, 11) is 2.06.